The number of aryl methyl sites for hydroxylation is 1. The number of hydrogen-bond acceptors (Lipinski definition) is 2. The van der Waals surface area contributed by atoms with E-state index < -0.39 is 0 Å². The SMILES string of the molecule is CNC(C)Cc1ccc(-c2ccc(OC)c(C)c2)cc1. The van der Waals surface area contributed by atoms with E-state index in [2.05, 4.69) is 55.6 Å². The van der Waals surface area contributed by atoms with E-state index in [1.807, 2.05) is 13.1 Å². The first-order valence-corrected chi connectivity index (χ1v) is 7.05. The minimum Gasteiger partial charge on any atom is -0.496 e. The van der Waals surface area contributed by atoms with Gasteiger partial charge >= 0.3 is 0 Å². The lowest BCUT2D eigenvalue weighted by Gasteiger charge is -2.11. The van der Waals surface area contributed by atoms with Gasteiger partial charge in [-0.2, -0.15) is 0 Å². The number of hydrogen-bond donors (Lipinski definition) is 1. The Morgan fingerprint density at radius 3 is 2.25 bits per heavy atom. The van der Waals surface area contributed by atoms with E-state index >= 15 is 0 Å². The fraction of sp³-hybridized carbons (Fsp3) is 0.333. The van der Waals surface area contributed by atoms with Crippen LogP contribution >= 0.6 is 0 Å². The van der Waals surface area contributed by atoms with E-state index in [4.69, 9.17) is 4.74 Å². The topological polar surface area (TPSA) is 21.3 Å². The average Bonchev–Trinajstić information content (AvgIpc) is 2.47. The van der Waals surface area contributed by atoms with Gasteiger partial charge in [0.1, 0.15) is 5.75 Å². The quantitative estimate of drug-likeness (QED) is 0.891. The third-order valence-electron chi connectivity index (χ3n) is 3.72. The average molecular weight is 269 g/mol. The van der Waals surface area contributed by atoms with Crippen LogP contribution in [0.3, 0.4) is 0 Å². The van der Waals surface area contributed by atoms with E-state index in [1.54, 1.807) is 7.11 Å². The maximum absolute atomic E-state index is 5.30. The summed E-state index contributed by atoms with van der Waals surface area (Å²) in [6.07, 6.45) is 1.05. The molecule has 1 unspecified atom stereocenters. The lowest BCUT2D eigenvalue weighted by atomic mass is 10.00. The minimum absolute atomic E-state index is 0.504. The van der Waals surface area contributed by atoms with Crippen LogP contribution in [-0.2, 0) is 6.42 Å². The highest BCUT2D eigenvalue weighted by Crippen LogP contribution is 2.26. The Balaban J connectivity index is 2.19. The summed E-state index contributed by atoms with van der Waals surface area (Å²) < 4.78 is 5.30. The van der Waals surface area contributed by atoms with E-state index in [9.17, 15) is 0 Å². The molecule has 0 aliphatic carbocycles. The summed E-state index contributed by atoms with van der Waals surface area (Å²) in [5.41, 5.74) is 5.01. The molecule has 0 amide bonds. The van der Waals surface area contributed by atoms with Crippen LogP contribution < -0.4 is 10.1 Å². The van der Waals surface area contributed by atoms with Gasteiger partial charge in [0, 0.05) is 6.04 Å². The van der Waals surface area contributed by atoms with Crippen molar-refractivity contribution in [1.29, 1.82) is 0 Å². The Hall–Kier alpha value is -1.80. The molecule has 2 aromatic rings. The molecular weight excluding hydrogens is 246 g/mol. The van der Waals surface area contributed by atoms with Crippen molar-refractivity contribution in [2.45, 2.75) is 26.3 Å². The van der Waals surface area contributed by atoms with Crippen LogP contribution in [-0.4, -0.2) is 20.2 Å². The van der Waals surface area contributed by atoms with Gasteiger partial charge in [0.05, 0.1) is 7.11 Å². The number of nitrogens with one attached hydrogen (secondary N) is 1. The number of likely N-dealkylation sites (N-methyl/N-ethyl adjacent to an activating group) is 1. The first-order chi connectivity index (χ1) is 9.63. The maximum atomic E-state index is 5.30. The Morgan fingerprint density at radius 2 is 1.70 bits per heavy atom. The summed E-state index contributed by atoms with van der Waals surface area (Å²) in [5.74, 6) is 0.938. The molecule has 0 heterocycles. The van der Waals surface area contributed by atoms with Gasteiger partial charge in [0.2, 0.25) is 0 Å². The molecule has 0 radical (unpaired) electrons. The molecule has 1 atom stereocenters. The Labute approximate surface area is 121 Å². The smallest absolute Gasteiger partial charge is 0.121 e. The molecule has 2 aromatic carbocycles. The summed E-state index contributed by atoms with van der Waals surface area (Å²) in [6.45, 7) is 4.27. The van der Waals surface area contributed by atoms with Crippen LogP contribution in [0.15, 0.2) is 42.5 Å². The van der Waals surface area contributed by atoms with Crippen molar-refractivity contribution in [2.75, 3.05) is 14.2 Å². The monoisotopic (exact) mass is 269 g/mol. The van der Waals surface area contributed by atoms with E-state index in [-0.39, 0.29) is 0 Å². The largest absolute Gasteiger partial charge is 0.496 e. The molecule has 20 heavy (non-hydrogen) atoms. The van der Waals surface area contributed by atoms with Gasteiger partial charge in [-0.1, -0.05) is 30.3 Å². The number of ether oxygens (including phenoxy) is 1. The van der Waals surface area contributed by atoms with Gasteiger partial charge in [-0.05, 0) is 61.7 Å². The molecule has 1 N–H and O–H groups in total. The molecule has 0 aliphatic heterocycles. The Bertz CT molecular complexity index is 560. The van der Waals surface area contributed by atoms with Crippen LogP contribution in [0.5, 0.6) is 5.75 Å². The molecule has 0 aliphatic rings. The van der Waals surface area contributed by atoms with Gasteiger partial charge in [-0.15, -0.1) is 0 Å². The predicted molar refractivity (Wildman–Crippen MR) is 85.4 cm³/mol. The van der Waals surface area contributed by atoms with Crippen LogP contribution in [0.2, 0.25) is 0 Å². The Morgan fingerprint density at radius 1 is 1.05 bits per heavy atom. The molecule has 0 bridgehead atoms. The predicted octanol–water partition coefficient (Wildman–Crippen LogP) is 3.82. The zero-order chi connectivity index (χ0) is 14.5. The maximum Gasteiger partial charge on any atom is 0.121 e. The van der Waals surface area contributed by atoms with Crippen molar-refractivity contribution in [2.24, 2.45) is 0 Å². The van der Waals surface area contributed by atoms with Crippen molar-refractivity contribution < 1.29 is 4.74 Å². The van der Waals surface area contributed by atoms with E-state index in [0.717, 1.165) is 17.7 Å². The van der Waals surface area contributed by atoms with Crippen LogP contribution in [0.4, 0.5) is 0 Å². The summed E-state index contributed by atoms with van der Waals surface area (Å²) in [6, 6.07) is 15.6. The first-order valence-electron chi connectivity index (χ1n) is 7.05. The molecular formula is C18H23NO. The number of benzene rings is 2. The zero-order valence-corrected chi connectivity index (χ0v) is 12.7. The highest BCUT2D eigenvalue weighted by molar-refractivity contribution is 5.65. The summed E-state index contributed by atoms with van der Waals surface area (Å²) in [5, 5.41) is 3.27. The second-order valence-electron chi connectivity index (χ2n) is 5.28. The third-order valence-corrected chi connectivity index (χ3v) is 3.72. The molecule has 2 nitrogen and oxygen atoms in total. The fourth-order valence-electron chi connectivity index (χ4n) is 2.35. The third kappa shape index (κ3) is 3.40. The molecule has 106 valence electrons. The zero-order valence-electron chi connectivity index (χ0n) is 12.7. The van der Waals surface area contributed by atoms with Gasteiger partial charge < -0.3 is 10.1 Å². The van der Waals surface area contributed by atoms with Gasteiger partial charge in [-0.25, -0.2) is 0 Å². The summed E-state index contributed by atoms with van der Waals surface area (Å²) in [7, 11) is 3.71. The van der Waals surface area contributed by atoms with E-state index in [1.165, 1.54) is 16.7 Å². The number of methoxy groups -OCH3 is 1. The summed E-state index contributed by atoms with van der Waals surface area (Å²) in [4.78, 5) is 0. The molecule has 2 rings (SSSR count). The highest BCUT2D eigenvalue weighted by atomic mass is 16.5. The molecule has 0 saturated carbocycles. The van der Waals surface area contributed by atoms with Crippen LogP contribution in [0.25, 0.3) is 11.1 Å². The van der Waals surface area contributed by atoms with Crippen LogP contribution in [0, 0.1) is 6.92 Å². The van der Waals surface area contributed by atoms with Gasteiger partial charge in [-0.3, -0.25) is 0 Å². The standard InChI is InChI=1S/C18H23NO/c1-13-11-17(9-10-18(13)20-4)16-7-5-15(6-8-16)12-14(2)19-3/h5-11,14,19H,12H2,1-4H3. The van der Waals surface area contributed by atoms with Crippen molar-refractivity contribution in [3.63, 3.8) is 0 Å². The van der Waals surface area contributed by atoms with Gasteiger partial charge in [0.25, 0.3) is 0 Å². The molecule has 0 spiro atoms. The number of rotatable bonds is 5. The van der Waals surface area contributed by atoms with Crippen molar-refractivity contribution in [3.8, 4) is 16.9 Å². The highest BCUT2D eigenvalue weighted by Gasteiger charge is 2.04. The fourth-order valence-corrected chi connectivity index (χ4v) is 2.35. The molecule has 0 aromatic heterocycles. The van der Waals surface area contributed by atoms with Gasteiger partial charge in [0.15, 0.2) is 0 Å². The van der Waals surface area contributed by atoms with Crippen molar-refractivity contribution in [3.05, 3.63) is 53.6 Å². The first kappa shape index (κ1) is 14.6. The van der Waals surface area contributed by atoms with E-state index in [0.29, 0.717) is 6.04 Å². The minimum atomic E-state index is 0.504. The molecule has 0 fully saturated rings. The van der Waals surface area contributed by atoms with Crippen molar-refractivity contribution >= 4 is 0 Å². The van der Waals surface area contributed by atoms with Crippen LogP contribution in [0.1, 0.15) is 18.1 Å². The Kier molecular flexibility index (Phi) is 4.80. The normalized spacial score (nSPS) is 12.2. The molecule has 2 heteroatoms. The second-order valence-corrected chi connectivity index (χ2v) is 5.28. The second kappa shape index (κ2) is 6.58. The summed E-state index contributed by atoms with van der Waals surface area (Å²) >= 11 is 0. The lowest BCUT2D eigenvalue weighted by molar-refractivity contribution is 0.412. The molecule has 0 saturated heterocycles. The lowest BCUT2D eigenvalue weighted by Crippen LogP contribution is -2.23. The van der Waals surface area contributed by atoms with Crippen molar-refractivity contribution in [1.82, 2.24) is 5.32 Å².